The van der Waals surface area contributed by atoms with Crippen molar-refractivity contribution in [3.63, 3.8) is 0 Å². The second-order valence-corrected chi connectivity index (χ2v) is 8.94. The molecule has 146 valence electrons. The topological polar surface area (TPSA) is 93.0 Å². The number of para-hydroxylation sites is 1. The number of nitrogens with one attached hydrogen (secondary N) is 2. The van der Waals surface area contributed by atoms with Gasteiger partial charge in [0.2, 0.25) is 11.6 Å². The van der Waals surface area contributed by atoms with Crippen molar-refractivity contribution in [2.45, 2.75) is 51.0 Å². The lowest BCUT2D eigenvalue weighted by Gasteiger charge is -2.57. The summed E-state index contributed by atoms with van der Waals surface area (Å²) in [5, 5.41) is 18.6. The van der Waals surface area contributed by atoms with Crippen LogP contribution >= 0.6 is 0 Å². The summed E-state index contributed by atoms with van der Waals surface area (Å²) in [5.41, 5.74) is 1.70. The third kappa shape index (κ3) is 2.99. The van der Waals surface area contributed by atoms with E-state index in [0.717, 1.165) is 48.3 Å². The van der Waals surface area contributed by atoms with E-state index in [1.807, 2.05) is 31.2 Å². The highest BCUT2D eigenvalue weighted by atomic mass is 16.6. The Morgan fingerprint density at radius 2 is 1.64 bits per heavy atom. The standard InChI is InChI=1S/C21H25N5O2/c1-13-4-2-3-5-17(13)24-19-18(26(27)28)20(23-12-22-19)25-21-9-14-6-15(10-21)8-16(7-14)11-21/h2-5,12,14-16H,6-11H2,1H3,(H2,22,23,24,25). The second-order valence-electron chi connectivity index (χ2n) is 8.94. The Morgan fingerprint density at radius 1 is 1.04 bits per heavy atom. The number of anilines is 3. The van der Waals surface area contributed by atoms with Crippen molar-refractivity contribution in [1.29, 1.82) is 0 Å². The van der Waals surface area contributed by atoms with E-state index in [1.54, 1.807) is 0 Å². The molecule has 4 saturated carbocycles. The predicted molar refractivity (Wildman–Crippen MR) is 108 cm³/mol. The van der Waals surface area contributed by atoms with Crippen LogP contribution in [0.4, 0.5) is 23.0 Å². The van der Waals surface area contributed by atoms with Gasteiger partial charge in [0, 0.05) is 11.2 Å². The van der Waals surface area contributed by atoms with Gasteiger partial charge in [-0.15, -0.1) is 0 Å². The van der Waals surface area contributed by atoms with E-state index in [-0.39, 0.29) is 22.0 Å². The molecule has 7 heteroatoms. The van der Waals surface area contributed by atoms with E-state index < -0.39 is 0 Å². The second kappa shape index (κ2) is 6.43. The van der Waals surface area contributed by atoms with E-state index in [0.29, 0.717) is 5.82 Å². The number of rotatable bonds is 5. The van der Waals surface area contributed by atoms with Gasteiger partial charge in [0.1, 0.15) is 6.33 Å². The third-order valence-electron chi connectivity index (χ3n) is 6.82. The Hall–Kier alpha value is -2.70. The number of aromatic nitrogens is 2. The molecule has 1 aromatic heterocycles. The first-order chi connectivity index (χ1) is 13.5. The van der Waals surface area contributed by atoms with Crippen molar-refractivity contribution in [2.24, 2.45) is 17.8 Å². The van der Waals surface area contributed by atoms with Crippen LogP contribution in [0.15, 0.2) is 30.6 Å². The molecule has 0 amide bonds. The molecule has 0 atom stereocenters. The molecule has 7 nitrogen and oxygen atoms in total. The van der Waals surface area contributed by atoms with Gasteiger partial charge in [-0.05, 0) is 74.8 Å². The number of hydrogen-bond acceptors (Lipinski definition) is 6. The fourth-order valence-corrected chi connectivity index (χ4v) is 6.09. The van der Waals surface area contributed by atoms with Gasteiger partial charge in [-0.1, -0.05) is 18.2 Å². The Bertz CT molecular complexity index is 893. The largest absolute Gasteiger partial charge is 0.359 e. The van der Waals surface area contributed by atoms with E-state index >= 15 is 0 Å². The maximum absolute atomic E-state index is 11.9. The van der Waals surface area contributed by atoms with E-state index in [2.05, 4.69) is 20.6 Å². The summed E-state index contributed by atoms with van der Waals surface area (Å²) >= 11 is 0. The maximum Gasteiger partial charge on any atom is 0.353 e. The molecule has 4 aliphatic rings. The minimum Gasteiger partial charge on any atom is -0.359 e. The van der Waals surface area contributed by atoms with E-state index in [4.69, 9.17) is 0 Å². The molecule has 6 rings (SSSR count). The Balaban J connectivity index is 1.48. The molecule has 0 aliphatic heterocycles. The summed E-state index contributed by atoms with van der Waals surface area (Å²) in [5.74, 6) is 2.84. The molecule has 4 fully saturated rings. The van der Waals surface area contributed by atoms with Crippen molar-refractivity contribution in [2.75, 3.05) is 10.6 Å². The SMILES string of the molecule is Cc1ccccc1Nc1ncnc(NC23CC4CC(CC(C4)C2)C3)c1[N+](=O)[O-]. The quantitative estimate of drug-likeness (QED) is 0.572. The summed E-state index contributed by atoms with van der Waals surface area (Å²) in [7, 11) is 0. The molecule has 1 aromatic carbocycles. The molecule has 4 aliphatic carbocycles. The van der Waals surface area contributed by atoms with Gasteiger partial charge in [-0.25, -0.2) is 9.97 Å². The molecule has 28 heavy (non-hydrogen) atoms. The molecule has 4 bridgehead atoms. The number of aryl methyl sites for hydroxylation is 1. The lowest BCUT2D eigenvalue weighted by atomic mass is 9.53. The molecule has 0 radical (unpaired) electrons. The zero-order valence-electron chi connectivity index (χ0n) is 16.0. The van der Waals surface area contributed by atoms with Crippen molar-refractivity contribution in [1.82, 2.24) is 9.97 Å². The fourth-order valence-electron chi connectivity index (χ4n) is 6.09. The first-order valence-corrected chi connectivity index (χ1v) is 10.1. The van der Waals surface area contributed by atoms with Crippen LogP contribution in [0.1, 0.15) is 44.1 Å². The van der Waals surface area contributed by atoms with Crippen molar-refractivity contribution in [3.8, 4) is 0 Å². The highest BCUT2D eigenvalue weighted by molar-refractivity contribution is 5.75. The van der Waals surface area contributed by atoms with Crippen molar-refractivity contribution in [3.05, 3.63) is 46.3 Å². The predicted octanol–water partition coefficient (Wildman–Crippen LogP) is 4.82. The van der Waals surface area contributed by atoms with Gasteiger partial charge < -0.3 is 10.6 Å². The average molecular weight is 379 g/mol. The Kier molecular flexibility index (Phi) is 4.00. The summed E-state index contributed by atoms with van der Waals surface area (Å²) in [6, 6.07) is 7.70. The summed E-state index contributed by atoms with van der Waals surface area (Å²) in [6.45, 7) is 1.96. The van der Waals surface area contributed by atoms with Gasteiger partial charge in [-0.2, -0.15) is 0 Å². The van der Waals surface area contributed by atoms with Crippen LogP contribution in [0.3, 0.4) is 0 Å². The van der Waals surface area contributed by atoms with Gasteiger partial charge >= 0.3 is 5.69 Å². The molecule has 0 unspecified atom stereocenters. The summed E-state index contributed by atoms with van der Waals surface area (Å²) < 4.78 is 0. The Morgan fingerprint density at radius 3 is 2.25 bits per heavy atom. The van der Waals surface area contributed by atoms with Gasteiger partial charge in [0.15, 0.2) is 0 Å². The zero-order valence-corrected chi connectivity index (χ0v) is 16.0. The van der Waals surface area contributed by atoms with E-state index in [9.17, 15) is 10.1 Å². The first kappa shape index (κ1) is 17.4. The Labute approximate surface area is 164 Å². The molecule has 2 N–H and O–H groups in total. The van der Waals surface area contributed by atoms with Crippen LogP contribution in [0.5, 0.6) is 0 Å². The molecular weight excluding hydrogens is 354 g/mol. The number of nitrogens with zero attached hydrogens (tertiary/aromatic N) is 3. The number of benzene rings is 1. The van der Waals surface area contributed by atoms with Crippen LogP contribution in [0.2, 0.25) is 0 Å². The zero-order chi connectivity index (χ0) is 19.3. The lowest BCUT2D eigenvalue weighted by molar-refractivity contribution is -0.383. The smallest absolute Gasteiger partial charge is 0.353 e. The third-order valence-corrected chi connectivity index (χ3v) is 6.82. The minimum atomic E-state index is -0.372. The summed E-state index contributed by atoms with van der Waals surface area (Å²) in [4.78, 5) is 20.1. The van der Waals surface area contributed by atoms with Crippen LogP contribution in [0.25, 0.3) is 0 Å². The molecule has 1 heterocycles. The maximum atomic E-state index is 11.9. The number of nitro groups is 1. The molecule has 0 saturated heterocycles. The molecular formula is C21H25N5O2. The van der Waals surface area contributed by atoms with E-state index in [1.165, 1.54) is 25.6 Å². The van der Waals surface area contributed by atoms with Crippen molar-refractivity contribution >= 4 is 23.0 Å². The van der Waals surface area contributed by atoms with Crippen molar-refractivity contribution < 1.29 is 4.92 Å². The highest BCUT2D eigenvalue weighted by Crippen LogP contribution is 2.57. The molecule has 0 spiro atoms. The first-order valence-electron chi connectivity index (χ1n) is 10.1. The molecule has 2 aromatic rings. The number of hydrogen-bond donors (Lipinski definition) is 2. The monoisotopic (exact) mass is 379 g/mol. The van der Waals surface area contributed by atoms with Crippen LogP contribution in [-0.4, -0.2) is 20.4 Å². The van der Waals surface area contributed by atoms with Gasteiger partial charge in [0.05, 0.1) is 4.92 Å². The van der Waals surface area contributed by atoms with Gasteiger partial charge in [-0.3, -0.25) is 10.1 Å². The van der Waals surface area contributed by atoms with Crippen LogP contribution < -0.4 is 10.6 Å². The lowest BCUT2D eigenvalue weighted by Crippen LogP contribution is -2.55. The van der Waals surface area contributed by atoms with Crippen LogP contribution in [0, 0.1) is 34.8 Å². The van der Waals surface area contributed by atoms with Gasteiger partial charge in [0.25, 0.3) is 0 Å². The van der Waals surface area contributed by atoms with Crippen LogP contribution in [-0.2, 0) is 0 Å². The minimum absolute atomic E-state index is 0.0478. The average Bonchev–Trinajstić information content (AvgIpc) is 2.62. The highest BCUT2D eigenvalue weighted by Gasteiger charge is 2.51. The summed E-state index contributed by atoms with van der Waals surface area (Å²) in [6.07, 6.45) is 8.69. The normalized spacial score (nSPS) is 30.2. The fraction of sp³-hybridized carbons (Fsp3) is 0.524.